The Morgan fingerprint density at radius 1 is 0.892 bits per heavy atom. The molecule has 4 rings (SSSR count). The Labute approximate surface area is 392 Å². The van der Waals surface area contributed by atoms with Crippen LogP contribution in [0.25, 0.3) is 0 Å². The highest BCUT2D eigenvalue weighted by Crippen LogP contribution is 2.38. The third kappa shape index (κ3) is 14.5. The van der Waals surface area contributed by atoms with E-state index >= 15 is 0 Å². The summed E-state index contributed by atoms with van der Waals surface area (Å²) in [5.41, 5.74) is 1.46. The van der Waals surface area contributed by atoms with Crippen LogP contribution in [-0.2, 0) is 42.9 Å². The molecule has 1 aliphatic carbocycles. The first-order chi connectivity index (χ1) is 30.7. The number of esters is 1. The van der Waals surface area contributed by atoms with Crippen LogP contribution in [0.3, 0.4) is 0 Å². The van der Waals surface area contributed by atoms with E-state index in [4.69, 9.17) is 18.9 Å². The van der Waals surface area contributed by atoms with E-state index in [2.05, 4.69) is 0 Å². The molecule has 3 fully saturated rings. The van der Waals surface area contributed by atoms with Gasteiger partial charge in [-0.05, 0) is 114 Å². The number of piperidine rings is 1. The number of rotatable bonds is 6. The molecule has 15 atom stereocenters. The molecule has 2 bridgehead atoms. The van der Waals surface area contributed by atoms with E-state index in [0.717, 1.165) is 12.0 Å². The van der Waals surface area contributed by atoms with Crippen molar-refractivity contribution >= 4 is 41.0 Å². The van der Waals surface area contributed by atoms with E-state index in [1.54, 1.807) is 45.7 Å². The molecule has 3 aliphatic heterocycles. The van der Waals surface area contributed by atoms with Crippen molar-refractivity contribution in [2.75, 3.05) is 27.0 Å². The Bertz CT molecular complexity index is 1760. The Balaban J connectivity index is 1.70. The normalized spacial score (nSPS) is 40.4. The maximum absolute atomic E-state index is 14.4. The van der Waals surface area contributed by atoms with Gasteiger partial charge in [0, 0.05) is 50.2 Å². The first kappa shape index (κ1) is 54.6. The van der Waals surface area contributed by atoms with Crippen LogP contribution >= 0.6 is 11.8 Å². The molecule has 0 aromatic rings. The molecule has 65 heavy (non-hydrogen) atoms. The first-order valence-corrected chi connectivity index (χ1v) is 25.2. The number of hydrogen-bond donors (Lipinski definition) is 3. The van der Waals surface area contributed by atoms with Crippen molar-refractivity contribution in [3.63, 3.8) is 0 Å². The standard InChI is InChI=1S/C51H79NO12S/c1-30-16-12-11-13-17-31(2)44(65-10)28-38-21-19-36(7)51(60,64-38)48(57)49(58)52-23-15-14-18-39(52)50(59)63-42(33(4)26-37-20-22-40(53)43(27-37)61-8)29-41(54)32(3)25-35(6)46(56)47(62-9)45(55)34(5)24-30/h11-13,16-17,25,30,32-34,36-40,42-44,46-47,53,56,60H,14-15,18-24,26-29H2,1-10H3/b13-11+,16-12-,31-17+,35-25+/t30-,32-,33-,34-,36-,37+,38+,39+,40-,42+,43-,44+,46-,47+,51-/m1/s1. The smallest absolute Gasteiger partial charge is 0.329 e. The van der Waals surface area contributed by atoms with Crippen LogP contribution in [0, 0.1) is 35.5 Å². The SMILES string of the molecule is CO[C@@H]1C[C@H](C[C@@H](C)[C@@H]2CC(=O)[C@H](C)/C=C(\C)[C@@H](O)[C@@H](OC)C(=O)[C@H](C)C[C@H](C)\C=C/C=C/C=C(\C)[C@@H](SC)C[C@@H]3CC[C@@H](C)[C@@](O)(O3)C(=O)C(=O)N3CCCC[C@H]3C(=O)O2)CC[C@H]1O. The lowest BCUT2D eigenvalue weighted by Gasteiger charge is -2.42. The monoisotopic (exact) mass is 930 g/mol. The van der Waals surface area contributed by atoms with Gasteiger partial charge in [-0.1, -0.05) is 76.6 Å². The van der Waals surface area contributed by atoms with Gasteiger partial charge in [-0.3, -0.25) is 19.2 Å². The number of allylic oxidation sites excluding steroid dienone is 6. The second-order valence-corrected chi connectivity index (χ2v) is 20.6. The number of Topliss-reactive ketones (excluding diaryl/α,β-unsaturated/α-hetero) is 3. The largest absolute Gasteiger partial charge is 0.460 e. The highest BCUT2D eigenvalue weighted by Gasteiger charge is 2.53. The van der Waals surface area contributed by atoms with Gasteiger partial charge in [-0.25, -0.2) is 4.79 Å². The van der Waals surface area contributed by atoms with Crippen molar-refractivity contribution in [2.24, 2.45) is 35.5 Å². The van der Waals surface area contributed by atoms with Gasteiger partial charge in [0.15, 0.2) is 5.78 Å². The number of hydrogen-bond acceptors (Lipinski definition) is 13. The van der Waals surface area contributed by atoms with E-state index in [0.29, 0.717) is 63.4 Å². The summed E-state index contributed by atoms with van der Waals surface area (Å²) >= 11 is 1.63. The second-order valence-electron chi connectivity index (χ2n) is 19.6. The number of carbonyl (C=O) groups excluding carboxylic acids is 5. The van der Waals surface area contributed by atoms with Gasteiger partial charge in [0.1, 0.15) is 30.1 Å². The third-order valence-corrected chi connectivity index (χ3v) is 15.6. The number of thioether (sulfide) groups is 1. The van der Waals surface area contributed by atoms with Gasteiger partial charge in [0.05, 0.1) is 18.3 Å². The molecule has 0 aromatic carbocycles. The number of aliphatic hydroxyl groups is 3. The Morgan fingerprint density at radius 2 is 1.62 bits per heavy atom. The lowest BCUT2D eigenvalue weighted by molar-refractivity contribution is -0.263. The van der Waals surface area contributed by atoms with Gasteiger partial charge in [-0.15, -0.1) is 0 Å². The molecule has 0 spiro atoms. The van der Waals surface area contributed by atoms with E-state index < -0.39 is 77.8 Å². The minimum atomic E-state index is -2.38. The summed E-state index contributed by atoms with van der Waals surface area (Å²) in [5.74, 6) is -7.73. The molecule has 3 N–H and O–H groups in total. The van der Waals surface area contributed by atoms with Crippen molar-refractivity contribution in [1.29, 1.82) is 0 Å². The molecule has 0 aromatic heterocycles. The van der Waals surface area contributed by atoms with Gasteiger partial charge < -0.3 is 39.2 Å². The quantitative estimate of drug-likeness (QED) is 0.142. The zero-order chi connectivity index (χ0) is 48.2. The lowest BCUT2D eigenvalue weighted by Crippen LogP contribution is -2.60. The highest BCUT2D eigenvalue weighted by atomic mass is 32.2. The summed E-state index contributed by atoms with van der Waals surface area (Å²) < 4.78 is 23.6. The molecule has 3 heterocycles. The van der Waals surface area contributed by atoms with Crippen LogP contribution in [0.2, 0.25) is 0 Å². The number of methoxy groups -OCH3 is 2. The molecule has 0 unspecified atom stereocenters. The average Bonchev–Trinajstić information content (AvgIpc) is 3.28. The number of aliphatic hydroxyl groups excluding tert-OH is 2. The molecule has 14 heteroatoms. The van der Waals surface area contributed by atoms with Gasteiger partial charge in [0.25, 0.3) is 11.7 Å². The van der Waals surface area contributed by atoms with Crippen molar-refractivity contribution in [1.82, 2.24) is 4.90 Å². The number of ketones is 3. The summed E-state index contributed by atoms with van der Waals surface area (Å²) in [6.07, 6.45) is 14.4. The topological polar surface area (TPSA) is 186 Å². The number of cyclic esters (lactones) is 1. The number of fused-ring (bicyclic) bond motifs is 3. The van der Waals surface area contributed by atoms with E-state index in [9.17, 15) is 39.3 Å². The fourth-order valence-corrected chi connectivity index (χ4v) is 11.0. The molecule has 0 radical (unpaired) electrons. The number of ether oxygens (including phenoxy) is 4. The average molecular weight is 930 g/mol. The zero-order valence-electron chi connectivity index (χ0n) is 40.6. The molecular formula is C51H79NO12S. The van der Waals surface area contributed by atoms with Crippen LogP contribution in [-0.4, -0.2) is 130 Å². The molecule has 1 amide bonds. The van der Waals surface area contributed by atoms with Crippen LogP contribution < -0.4 is 0 Å². The molecule has 366 valence electrons. The lowest BCUT2D eigenvalue weighted by atomic mass is 9.78. The van der Waals surface area contributed by atoms with E-state index in [-0.39, 0.29) is 60.1 Å². The predicted octanol–water partition coefficient (Wildman–Crippen LogP) is 6.90. The fourth-order valence-electron chi connectivity index (χ4n) is 10.1. The molecule has 4 aliphatic rings. The maximum Gasteiger partial charge on any atom is 0.329 e. The zero-order valence-corrected chi connectivity index (χ0v) is 41.4. The van der Waals surface area contributed by atoms with E-state index in [1.165, 1.54) is 12.0 Å². The second kappa shape index (κ2) is 25.4. The van der Waals surface area contributed by atoms with Gasteiger partial charge in [0.2, 0.25) is 5.79 Å². The van der Waals surface area contributed by atoms with Gasteiger partial charge in [-0.2, -0.15) is 11.8 Å². The minimum Gasteiger partial charge on any atom is -0.460 e. The summed E-state index contributed by atoms with van der Waals surface area (Å²) in [7, 11) is 2.96. The van der Waals surface area contributed by atoms with Gasteiger partial charge >= 0.3 is 5.97 Å². The first-order valence-electron chi connectivity index (χ1n) is 23.9. The minimum absolute atomic E-state index is 0.000885. The third-order valence-electron chi connectivity index (χ3n) is 14.5. The summed E-state index contributed by atoms with van der Waals surface area (Å²) in [6, 6.07) is -1.12. The maximum atomic E-state index is 14.4. The predicted molar refractivity (Wildman–Crippen MR) is 252 cm³/mol. The van der Waals surface area contributed by atoms with Crippen LogP contribution in [0.5, 0.6) is 0 Å². The molecule has 2 saturated heterocycles. The fraction of sp³-hybridized carbons (Fsp3) is 0.745. The highest BCUT2D eigenvalue weighted by molar-refractivity contribution is 7.99. The molecule has 1 saturated carbocycles. The van der Waals surface area contributed by atoms with Crippen LogP contribution in [0.4, 0.5) is 0 Å². The van der Waals surface area contributed by atoms with Crippen molar-refractivity contribution in [2.45, 2.75) is 179 Å². The summed E-state index contributed by atoms with van der Waals surface area (Å²) in [5, 5.41) is 33.9. The van der Waals surface area contributed by atoms with Crippen LogP contribution in [0.1, 0.15) is 126 Å². The number of nitrogens with zero attached hydrogens (tertiary/aromatic N) is 1. The van der Waals surface area contributed by atoms with E-state index in [1.807, 2.05) is 64.3 Å². The molecule has 13 nitrogen and oxygen atoms in total. The number of amides is 1. The van der Waals surface area contributed by atoms with Crippen molar-refractivity contribution < 1.29 is 58.2 Å². The Morgan fingerprint density at radius 3 is 2.29 bits per heavy atom. The van der Waals surface area contributed by atoms with Crippen molar-refractivity contribution in [3.05, 3.63) is 47.6 Å². The number of carbonyl (C=O) groups is 5. The Kier molecular flexibility index (Phi) is 21.3. The van der Waals surface area contributed by atoms with Crippen molar-refractivity contribution in [3.8, 4) is 0 Å². The molecular weight excluding hydrogens is 851 g/mol. The summed E-state index contributed by atoms with van der Waals surface area (Å²) in [6.45, 7) is 12.9. The van der Waals surface area contributed by atoms with Crippen LogP contribution in [0.15, 0.2) is 47.6 Å². The summed E-state index contributed by atoms with van der Waals surface area (Å²) in [4.78, 5) is 71.9. The Hall–Kier alpha value is -2.98.